The summed E-state index contributed by atoms with van der Waals surface area (Å²) in [7, 11) is 2.11. The van der Waals surface area contributed by atoms with Crippen molar-refractivity contribution in [2.24, 2.45) is 13.0 Å². The number of rotatable bonds is 5. The number of aryl methyl sites for hydroxylation is 2. The molecule has 0 aliphatic carbocycles. The minimum absolute atomic E-state index is 0.214. The van der Waals surface area contributed by atoms with E-state index in [1.165, 1.54) is 24.6 Å². The molecule has 2 aliphatic rings. The van der Waals surface area contributed by atoms with Crippen molar-refractivity contribution in [1.29, 1.82) is 0 Å². The molecule has 0 radical (unpaired) electrons. The van der Waals surface area contributed by atoms with Crippen molar-refractivity contribution < 1.29 is 9.90 Å². The maximum Gasteiger partial charge on any atom is 0.341 e. The van der Waals surface area contributed by atoms with Gasteiger partial charge in [-0.1, -0.05) is 13.0 Å². The quantitative estimate of drug-likeness (QED) is 0.574. The normalized spacial score (nSPS) is 21.2. The largest absolute Gasteiger partial charge is 0.477 e. The molecule has 1 aromatic carbocycles. The second kappa shape index (κ2) is 8.22. The summed E-state index contributed by atoms with van der Waals surface area (Å²) < 4.78 is 2.26. The van der Waals surface area contributed by atoms with Crippen molar-refractivity contribution in [1.82, 2.24) is 19.8 Å². The molecule has 2 fully saturated rings. The van der Waals surface area contributed by atoms with Crippen molar-refractivity contribution in [3.05, 3.63) is 57.5 Å². The van der Waals surface area contributed by atoms with Gasteiger partial charge in [0.15, 0.2) is 0 Å². The SMILES string of the molecule is CCc1cc(C(=O)O)c(=O)[nH]c1-c1ccc2c(c1)cc(CN1CC3CCCNC3C1)n2C. The first-order valence-electron chi connectivity index (χ1n) is 11.5. The summed E-state index contributed by atoms with van der Waals surface area (Å²) in [5.74, 6) is -0.435. The van der Waals surface area contributed by atoms with Crippen LogP contribution in [0.15, 0.2) is 35.1 Å². The highest BCUT2D eigenvalue weighted by molar-refractivity contribution is 5.89. The van der Waals surface area contributed by atoms with Gasteiger partial charge in [0.25, 0.3) is 5.56 Å². The van der Waals surface area contributed by atoms with Gasteiger partial charge in [0.2, 0.25) is 0 Å². The van der Waals surface area contributed by atoms with Gasteiger partial charge in [-0.2, -0.15) is 0 Å². The van der Waals surface area contributed by atoms with E-state index >= 15 is 0 Å². The Bertz CT molecular complexity index is 1230. The second-order valence-corrected chi connectivity index (χ2v) is 9.20. The fourth-order valence-corrected chi connectivity index (χ4v) is 5.48. The zero-order chi connectivity index (χ0) is 22.4. The van der Waals surface area contributed by atoms with Crippen molar-refractivity contribution in [2.45, 2.75) is 38.8 Å². The fourth-order valence-electron chi connectivity index (χ4n) is 5.48. The third kappa shape index (κ3) is 3.65. The molecule has 7 nitrogen and oxygen atoms in total. The monoisotopic (exact) mass is 434 g/mol. The van der Waals surface area contributed by atoms with Crippen LogP contribution in [0, 0.1) is 5.92 Å². The van der Waals surface area contributed by atoms with Crippen LogP contribution >= 0.6 is 0 Å². The number of carboxylic acid groups (broad SMARTS) is 1. The second-order valence-electron chi connectivity index (χ2n) is 9.20. The van der Waals surface area contributed by atoms with Crippen molar-refractivity contribution in [2.75, 3.05) is 19.6 Å². The summed E-state index contributed by atoms with van der Waals surface area (Å²) in [6.45, 7) is 6.29. The number of piperidine rings is 1. The topological polar surface area (TPSA) is 90.4 Å². The van der Waals surface area contributed by atoms with Crippen molar-refractivity contribution in [3.8, 4) is 11.3 Å². The van der Waals surface area contributed by atoms with Crippen LogP contribution in [0.25, 0.3) is 22.2 Å². The standard InChI is InChI=1S/C25H30N4O3/c1-3-15-11-20(25(31)32)24(30)27-23(15)16-6-7-22-18(9-16)10-19(28(22)2)13-29-12-17-5-4-8-26-21(17)14-29/h6-7,9-11,17,21,26H,3-5,8,12-14H2,1-2H3,(H,27,30)(H,31,32). The number of aromatic nitrogens is 2. The Morgan fingerprint density at radius 2 is 2.06 bits per heavy atom. The van der Waals surface area contributed by atoms with Gasteiger partial charge in [0.05, 0.1) is 5.69 Å². The lowest BCUT2D eigenvalue weighted by molar-refractivity contribution is 0.0695. The third-order valence-electron chi connectivity index (χ3n) is 7.23. The number of aromatic amines is 1. The molecular weight excluding hydrogens is 404 g/mol. The van der Waals surface area contributed by atoms with Crippen LogP contribution < -0.4 is 10.9 Å². The van der Waals surface area contributed by atoms with E-state index in [1.54, 1.807) is 0 Å². The zero-order valence-electron chi connectivity index (χ0n) is 18.6. The smallest absolute Gasteiger partial charge is 0.341 e. The van der Waals surface area contributed by atoms with Crippen LogP contribution in [0.5, 0.6) is 0 Å². The molecule has 3 N–H and O–H groups in total. The molecule has 168 valence electrons. The summed E-state index contributed by atoms with van der Waals surface area (Å²) in [6.07, 6.45) is 3.24. The van der Waals surface area contributed by atoms with Gasteiger partial charge in [-0.25, -0.2) is 4.79 Å². The molecule has 2 unspecified atom stereocenters. The van der Waals surface area contributed by atoms with Gasteiger partial charge < -0.3 is 20.0 Å². The van der Waals surface area contributed by atoms with Gasteiger partial charge >= 0.3 is 5.97 Å². The molecule has 2 aromatic heterocycles. The Kier molecular flexibility index (Phi) is 5.39. The molecule has 2 aliphatic heterocycles. The molecular formula is C25H30N4O3. The predicted molar refractivity (Wildman–Crippen MR) is 125 cm³/mol. The molecule has 32 heavy (non-hydrogen) atoms. The first-order chi connectivity index (χ1) is 15.4. The number of carbonyl (C=O) groups is 1. The lowest BCUT2D eigenvalue weighted by Gasteiger charge is -2.24. The van der Waals surface area contributed by atoms with E-state index in [0.29, 0.717) is 18.2 Å². The summed E-state index contributed by atoms with van der Waals surface area (Å²) in [5.41, 5.74) is 4.07. The zero-order valence-corrected chi connectivity index (χ0v) is 18.6. The highest BCUT2D eigenvalue weighted by Gasteiger charge is 2.34. The highest BCUT2D eigenvalue weighted by Crippen LogP contribution is 2.30. The number of aromatic carboxylic acids is 1. The van der Waals surface area contributed by atoms with Crippen LogP contribution in [-0.2, 0) is 20.0 Å². The molecule has 7 heteroatoms. The molecule has 0 bridgehead atoms. The lowest BCUT2D eigenvalue weighted by Crippen LogP contribution is -2.40. The molecule has 4 heterocycles. The number of carboxylic acids is 1. The average molecular weight is 435 g/mol. The number of likely N-dealkylation sites (tertiary alicyclic amines) is 1. The predicted octanol–water partition coefficient (Wildman–Crippen LogP) is 2.98. The lowest BCUT2D eigenvalue weighted by atomic mass is 9.94. The maximum atomic E-state index is 12.3. The van der Waals surface area contributed by atoms with Crippen LogP contribution in [0.3, 0.4) is 0 Å². The van der Waals surface area contributed by atoms with E-state index in [9.17, 15) is 14.7 Å². The summed E-state index contributed by atoms with van der Waals surface area (Å²) >= 11 is 0. The van der Waals surface area contributed by atoms with E-state index in [-0.39, 0.29) is 5.56 Å². The van der Waals surface area contributed by atoms with E-state index in [2.05, 4.69) is 45.0 Å². The third-order valence-corrected chi connectivity index (χ3v) is 7.23. The molecule has 0 saturated carbocycles. The van der Waals surface area contributed by atoms with Gasteiger partial charge in [0, 0.05) is 49.3 Å². The molecule has 0 amide bonds. The Labute approximate surface area is 187 Å². The van der Waals surface area contributed by atoms with Gasteiger partial charge in [-0.3, -0.25) is 9.69 Å². The van der Waals surface area contributed by atoms with E-state index < -0.39 is 11.5 Å². The summed E-state index contributed by atoms with van der Waals surface area (Å²) in [6, 6.07) is 10.5. The number of hydrogen-bond acceptors (Lipinski definition) is 4. The van der Waals surface area contributed by atoms with Crippen LogP contribution in [0.2, 0.25) is 0 Å². The van der Waals surface area contributed by atoms with E-state index in [4.69, 9.17) is 0 Å². The Morgan fingerprint density at radius 1 is 1.22 bits per heavy atom. The van der Waals surface area contributed by atoms with Crippen LogP contribution in [0.1, 0.15) is 41.4 Å². The summed E-state index contributed by atoms with van der Waals surface area (Å²) in [4.78, 5) is 29.0. The number of pyridine rings is 1. The first kappa shape index (κ1) is 21.0. The number of nitrogens with one attached hydrogen (secondary N) is 2. The fraction of sp³-hybridized carbons (Fsp3) is 0.440. The molecule has 5 rings (SSSR count). The molecule has 0 spiro atoms. The summed E-state index contributed by atoms with van der Waals surface area (Å²) in [5, 5.41) is 14.1. The molecule has 3 aromatic rings. The van der Waals surface area contributed by atoms with Crippen molar-refractivity contribution >= 4 is 16.9 Å². The maximum absolute atomic E-state index is 12.3. The minimum Gasteiger partial charge on any atom is -0.477 e. The Hall–Kier alpha value is -2.90. The number of fused-ring (bicyclic) bond motifs is 2. The van der Waals surface area contributed by atoms with Crippen LogP contribution in [-0.4, -0.2) is 51.2 Å². The first-order valence-corrected chi connectivity index (χ1v) is 11.5. The number of nitrogens with zero attached hydrogens (tertiary/aromatic N) is 2. The highest BCUT2D eigenvalue weighted by atomic mass is 16.4. The Balaban J connectivity index is 1.46. The van der Waals surface area contributed by atoms with Crippen molar-refractivity contribution in [3.63, 3.8) is 0 Å². The number of benzene rings is 1. The average Bonchev–Trinajstić information content (AvgIpc) is 3.33. The van der Waals surface area contributed by atoms with Gasteiger partial charge in [0.1, 0.15) is 5.56 Å². The van der Waals surface area contributed by atoms with E-state index in [0.717, 1.165) is 54.1 Å². The minimum atomic E-state index is -1.20. The van der Waals surface area contributed by atoms with Crippen LogP contribution in [0.4, 0.5) is 0 Å². The number of H-pyrrole nitrogens is 1. The van der Waals surface area contributed by atoms with Gasteiger partial charge in [-0.05, 0) is 67.1 Å². The Morgan fingerprint density at radius 3 is 2.81 bits per heavy atom. The van der Waals surface area contributed by atoms with E-state index in [1.807, 2.05) is 13.0 Å². The van der Waals surface area contributed by atoms with Gasteiger partial charge in [-0.15, -0.1) is 0 Å². The molecule has 2 saturated heterocycles. The molecule has 2 atom stereocenters. The number of hydrogen-bond donors (Lipinski definition) is 3.